The van der Waals surface area contributed by atoms with E-state index < -0.39 is 0 Å². The van der Waals surface area contributed by atoms with Gasteiger partial charge in [0.25, 0.3) is 5.91 Å². The van der Waals surface area contributed by atoms with Crippen LogP contribution >= 0.6 is 11.8 Å². The molecule has 0 atom stereocenters. The van der Waals surface area contributed by atoms with Crippen molar-refractivity contribution in [2.45, 2.75) is 19.8 Å². The number of nitrogens with zero attached hydrogens (tertiary/aromatic N) is 2. The first-order valence-corrected chi connectivity index (χ1v) is 10.5. The number of amides is 1. The minimum Gasteiger partial charge on any atom is -0.494 e. The van der Waals surface area contributed by atoms with E-state index in [2.05, 4.69) is 15.2 Å². The number of thioether (sulfide) groups is 1. The van der Waals surface area contributed by atoms with Crippen molar-refractivity contribution in [1.82, 2.24) is 5.32 Å². The van der Waals surface area contributed by atoms with E-state index in [-0.39, 0.29) is 11.7 Å². The first kappa shape index (κ1) is 19.5. The van der Waals surface area contributed by atoms with Gasteiger partial charge in [-0.3, -0.25) is 4.79 Å². The molecule has 4 rings (SSSR count). The Bertz CT molecular complexity index is 967. The monoisotopic (exact) mass is 411 g/mol. The van der Waals surface area contributed by atoms with Gasteiger partial charge in [-0.15, -0.1) is 0 Å². The number of anilines is 1. The zero-order valence-corrected chi connectivity index (χ0v) is 17.0. The topological polar surface area (TPSA) is 53.9 Å². The maximum Gasteiger partial charge on any atom is 0.264 e. The molecule has 0 aromatic heterocycles. The number of rotatable bonds is 5. The van der Waals surface area contributed by atoms with Gasteiger partial charge in [0.05, 0.1) is 22.9 Å². The Hall–Kier alpha value is -2.80. The predicted octanol–water partition coefficient (Wildman–Crippen LogP) is 4.72. The minimum atomic E-state index is -0.257. The van der Waals surface area contributed by atoms with E-state index >= 15 is 0 Å². The lowest BCUT2D eigenvalue weighted by molar-refractivity contribution is -0.115. The zero-order chi connectivity index (χ0) is 20.2. The lowest BCUT2D eigenvalue weighted by atomic mass is 10.1. The summed E-state index contributed by atoms with van der Waals surface area (Å²) >= 11 is 1.24. The molecule has 2 heterocycles. The highest BCUT2D eigenvalue weighted by Crippen LogP contribution is 2.30. The fraction of sp³-hybridized carbons (Fsp3) is 0.273. The SMILES string of the molecule is CCOc1ccc(N=C2NC(=O)C(=Cc3ccc(N4CCCC4)c(F)c3)S2)cc1. The van der Waals surface area contributed by atoms with Crippen LogP contribution in [0.3, 0.4) is 0 Å². The number of benzene rings is 2. The first-order chi connectivity index (χ1) is 14.1. The summed E-state index contributed by atoms with van der Waals surface area (Å²) in [6.07, 6.45) is 3.88. The summed E-state index contributed by atoms with van der Waals surface area (Å²) in [5.41, 5.74) is 2.01. The average molecular weight is 412 g/mol. The first-order valence-electron chi connectivity index (χ1n) is 9.69. The van der Waals surface area contributed by atoms with Crippen molar-refractivity contribution < 1.29 is 13.9 Å². The summed E-state index contributed by atoms with van der Waals surface area (Å²) in [6.45, 7) is 4.31. The fourth-order valence-electron chi connectivity index (χ4n) is 3.36. The molecule has 1 N–H and O–H groups in total. The quantitative estimate of drug-likeness (QED) is 0.724. The summed E-state index contributed by atoms with van der Waals surface area (Å²) in [5, 5.41) is 3.26. The number of carbonyl (C=O) groups excluding carboxylic acids is 1. The van der Waals surface area contributed by atoms with E-state index in [1.165, 1.54) is 17.8 Å². The lowest BCUT2D eigenvalue weighted by Gasteiger charge is -2.18. The van der Waals surface area contributed by atoms with Crippen molar-refractivity contribution in [3.63, 3.8) is 0 Å². The van der Waals surface area contributed by atoms with Crippen LogP contribution in [0, 0.1) is 5.82 Å². The maximum atomic E-state index is 14.5. The molecule has 5 nitrogen and oxygen atoms in total. The van der Waals surface area contributed by atoms with E-state index in [1.54, 1.807) is 12.1 Å². The second kappa shape index (κ2) is 8.69. The molecule has 2 saturated heterocycles. The highest BCUT2D eigenvalue weighted by molar-refractivity contribution is 8.18. The predicted molar refractivity (Wildman–Crippen MR) is 116 cm³/mol. The van der Waals surface area contributed by atoms with Crippen LogP contribution in [0.1, 0.15) is 25.3 Å². The van der Waals surface area contributed by atoms with Crippen molar-refractivity contribution in [1.29, 1.82) is 0 Å². The van der Waals surface area contributed by atoms with Gasteiger partial charge in [0.2, 0.25) is 0 Å². The number of amidine groups is 1. The minimum absolute atomic E-state index is 0.233. The number of nitrogens with one attached hydrogen (secondary N) is 1. The molecule has 0 spiro atoms. The summed E-state index contributed by atoms with van der Waals surface area (Å²) in [7, 11) is 0. The number of aliphatic imine (C=N–C) groups is 1. The van der Waals surface area contributed by atoms with Crippen LogP contribution in [0.2, 0.25) is 0 Å². The summed E-state index contributed by atoms with van der Waals surface area (Å²) in [4.78, 5) is 19.3. The third-order valence-corrected chi connectivity index (χ3v) is 5.66. The molecule has 2 fully saturated rings. The van der Waals surface area contributed by atoms with Crippen LogP contribution in [-0.4, -0.2) is 30.8 Å². The van der Waals surface area contributed by atoms with Crippen LogP contribution in [0.4, 0.5) is 15.8 Å². The molecule has 0 saturated carbocycles. The summed E-state index contributed by atoms with van der Waals surface area (Å²) in [6, 6.07) is 12.5. The van der Waals surface area contributed by atoms with E-state index in [4.69, 9.17) is 4.74 Å². The molecule has 0 unspecified atom stereocenters. The maximum absolute atomic E-state index is 14.5. The third kappa shape index (κ3) is 4.62. The Balaban J connectivity index is 1.48. The number of carbonyl (C=O) groups is 1. The van der Waals surface area contributed by atoms with Crippen LogP contribution in [0.25, 0.3) is 6.08 Å². The van der Waals surface area contributed by atoms with E-state index in [0.29, 0.717) is 27.9 Å². The van der Waals surface area contributed by atoms with Gasteiger partial charge in [0.1, 0.15) is 11.6 Å². The van der Waals surface area contributed by atoms with Gasteiger partial charge in [-0.2, -0.15) is 0 Å². The fourth-order valence-corrected chi connectivity index (χ4v) is 4.20. The Morgan fingerprint density at radius 3 is 2.66 bits per heavy atom. The highest BCUT2D eigenvalue weighted by atomic mass is 32.2. The van der Waals surface area contributed by atoms with Gasteiger partial charge >= 0.3 is 0 Å². The Morgan fingerprint density at radius 2 is 1.97 bits per heavy atom. The Labute approximate surface area is 173 Å². The molecular weight excluding hydrogens is 389 g/mol. The third-order valence-electron chi connectivity index (χ3n) is 4.75. The van der Waals surface area contributed by atoms with E-state index in [1.807, 2.05) is 37.3 Å². The second-order valence-corrected chi connectivity index (χ2v) is 7.84. The molecule has 2 aromatic carbocycles. The number of hydrogen-bond donors (Lipinski definition) is 1. The largest absolute Gasteiger partial charge is 0.494 e. The standard InChI is InChI=1S/C22H22FN3O2S/c1-2-28-17-8-6-16(7-9-17)24-22-25-21(27)20(29-22)14-15-5-10-19(18(23)13-15)26-11-3-4-12-26/h5-10,13-14H,2-4,11-12H2,1H3,(H,24,25,27). The number of hydrogen-bond acceptors (Lipinski definition) is 5. The van der Waals surface area contributed by atoms with Crippen LogP contribution in [0.5, 0.6) is 5.75 Å². The zero-order valence-electron chi connectivity index (χ0n) is 16.2. The molecule has 0 radical (unpaired) electrons. The molecule has 2 aliphatic rings. The van der Waals surface area contributed by atoms with Gasteiger partial charge in [-0.25, -0.2) is 9.38 Å². The van der Waals surface area contributed by atoms with Crippen LogP contribution in [0.15, 0.2) is 52.4 Å². The normalized spacial score (nSPS) is 19.2. The lowest BCUT2D eigenvalue weighted by Crippen LogP contribution is -2.19. The van der Waals surface area contributed by atoms with Gasteiger partial charge in [0.15, 0.2) is 5.17 Å². The molecule has 0 aliphatic carbocycles. The molecule has 2 aliphatic heterocycles. The molecule has 1 amide bonds. The Kier molecular flexibility index (Phi) is 5.85. The summed E-state index contributed by atoms with van der Waals surface area (Å²) in [5.74, 6) is 0.288. The second-order valence-electron chi connectivity index (χ2n) is 6.81. The van der Waals surface area contributed by atoms with Gasteiger partial charge in [-0.1, -0.05) is 6.07 Å². The van der Waals surface area contributed by atoms with Crippen molar-refractivity contribution in [2.75, 3.05) is 24.6 Å². The Morgan fingerprint density at radius 1 is 1.21 bits per heavy atom. The van der Waals surface area contributed by atoms with Gasteiger partial charge < -0.3 is 15.0 Å². The van der Waals surface area contributed by atoms with Crippen LogP contribution in [-0.2, 0) is 4.79 Å². The number of ether oxygens (including phenoxy) is 1. The van der Waals surface area contributed by atoms with Crippen LogP contribution < -0.4 is 15.0 Å². The molecule has 7 heteroatoms. The summed E-state index contributed by atoms with van der Waals surface area (Å²) < 4.78 is 19.9. The van der Waals surface area contributed by atoms with Crippen molar-refractivity contribution in [3.8, 4) is 5.75 Å². The molecule has 150 valence electrons. The van der Waals surface area contributed by atoms with Gasteiger partial charge in [0, 0.05) is 13.1 Å². The number of halogens is 1. The van der Waals surface area contributed by atoms with Crippen molar-refractivity contribution >= 4 is 40.3 Å². The van der Waals surface area contributed by atoms with Crippen molar-refractivity contribution in [2.24, 2.45) is 4.99 Å². The molecular formula is C22H22FN3O2S. The van der Waals surface area contributed by atoms with Gasteiger partial charge in [-0.05, 0) is 79.6 Å². The average Bonchev–Trinajstić information content (AvgIpc) is 3.34. The molecule has 0 bridgehead atoms. The van der Waals surface area contributed by atoms with Crippen molar-refractivity contribution in [3.05, 3.63) is 58.8 Å². The van der Waals surface area contributed by atoms with E-state index in [9.17, 15) is 9.18 Å². The van der Waals surface area contributed by atoms with E-state index in [0.717, 1.165) is 37.4 Å². The highest BCUT2D eigenvalue weighted by Gasteiger charge is 2.24. The molecule has 2 aromatic rings. The smallest absolute Gasteiger partial charge is 0.264 e. The molecule has 29 heavy (non-hydrogen) atoms.